The maximum absolute atomic E-state index is 12.9. The van der Waals surface area contributed by atoms with Gasteiger partial charge in [0.15, 0.2) is 11.5 Å². The Bertz CT molecular complexity index is 1010. The zero-order valence-electron chi connectivity index (χ0n) is 19.5. The number of hydrogen-bond donors (Lipinski definition) is 0. The number of halogens is 1. The first-order valence-corrected chi connectivity index (χ1v) is 11.0. The summed E-state index contributed by atoms with van der Waals surface area (Å²) < 4.78 is 21.4. The van der Waals surface area contributed by atoms with Crippen molar-refractivity contribution in [1.82, 2.24) is 4.90 Å². The molecular weight excluding hydrogens is 448 g/mol. The number of fused-ring (bicyclic) bond motifs is 1. The van der Waals surface area contributed by atoms with Crippen LogP contribution < -0.4 is 14.4 Å². The summed E-state index contributed by atoms with van der Waals surface area (Å²) in [5, 5.41) is 0.578. The van der Waals surface area contributed by atoms with Crippen molar-refractivity contribution in [1.29, 1.82) is 0 Å². The van der Waals surface area contributed by atoms with Crippen molar-refractivity contribution in [3.05, 3.63) is 52.5 Å². The summed E-state index contributed by atoms with van der Waals surface area (Å²) in [6, 6.07) is 10.2. The molecule has 0 saturated carbocycles. The Hall–Kier alpha value is -3.13. The molecule has 2 aromatic carbocycles. The highest BCUT2D eigenvalue weighted by atomic mass is 35.5. The third-order valence-electron chi connectivity index (χ3n) is 5.65. The molecule has 1 aliphatic rings. The molecule has 3 rings (SSSR count). The highest BCUT2D eigenvalue weighted by Crippen LogP contribution is 2.46. The first kappa shape index (κ1) is 24.5. The van der Waals surface area contributed by atoms with Gasteiger partial charge in [-0.25, -0.2) is 9.59 Å². The molecule has 0 aliphatic carbocycles. The van der Waals surface area contributed by atoms with Crippen LogP contribution in [-0.4, -0.2) is 51.1 Å². The SMILES string of the molecule is CCOC(=O)N1c2cc(OC)c(OC)cc2[C@@H](N(Cc2cccc(Cl)c2)C(=O)OC)C[C@H]1C. The van der Waals surface area contributed by atoms with E-state index in [0.717, 1.165) is 11.1 Å². The molecule has 0 saturated heterocycles. The Morgan fingerprint density at radius 3 is 2.42 bits per heavy atom. The van der Waals surface area contributed by atoms with E-state index in [4.69, 9.17) is 30.5 Å². The molecule has 0 unspecified atom stereocenters. The molecule has 1 heterocycles. The van der Waals surface area contributed by atoms with E-state index in [1.54, 1.807) is 34.9 Å². The summed E-state index contributed by atoms with van der Waals surface area (Å²) in [5.74, 6) is 0.963. The quantitative estimate of drug-likeness (QED) is 0.553. The van der Waals surface area contributed by atoms with Gasteiger partial charge in [0.2, 0.25) is 0 Å². The maximum Gasteiger partial charge on any atom is 0.414 e. The molecule has 0 fully saturated rings. The van der Waals surface area contributed by atoms with Crippen molar-refractivity contribution in [3.63, 3.8) is 0 Å². The number of amides is 2. The summed E-state index contributed by atoms with van der Waals surface area (Å²) in [6.07, 6.45) is -0.481. The summed E-state index contributed by atoms with van der Waals surface area (Å²) in [4.78, 5) is 29.0. The number of ether oxygens (including phenoxy) is 4. The van der Waals surface area contributed by atoms with Gasteiger partial charge in [-0.3, -0.25) is 9.80 Å². The highest BCUT2D eigenvalue weighted by Gasteiger charge is 2.40. The number of nitrogens with zero attached hydrogens (tertiary/aromatic N) is 2. The molecule has 0 aromatic heterocycles. The van der Waals surface area contributed by atoms with Crippen molar-refractivity contribution in [2.24, 2.45) is 0 Å². The van der Waals surface area contributed by atoms with Crippen LogP contribution in [0.15, 0.2) is 36.4 Å². The van der Waals surface area contributed by atoms with Crippen molar-refractivity contribution in [2.45, 2.75) is 38.9 Å². The van der Waals surface area contributed by atoms with Crippen LogP contribution in [0.4, 0.5) is 15.3 Å². The van der Waals surface area contributed by atoms with E-state index in [-0.39, 0.29) is 19.2 Å². The molecule has 0 N–H and O–H groups in total. The lowest BCUT2D eigenvalue weighted by molar-refractivity contribution is 0.0941. The molecule has 0 bridgehead atoms. The zero-order valence-corrected chi connectivity index (χ0v) is 20.2. The lowest BCUT2D eigenvalue weighted by Gasteiger charge is -2.42. The lowest BCUT2D eigenvalue weighted by Crippen LogP contribution is -2.47. The number of anilines is 1. The molecule has 33 heavy (non-hydrogen) atoms. The topological polar surface area (TPSA) is 77.5 Å². The van der Waals surface area contributed by atoms with Crippen LogP contribution in [-0.2, 0) is 16.0 Å². The number of hydrogen-bond acceptors (Lipinski definition) is 6. The monoisotopic (exact) mass is 476 g/mol. The number of carbonyl (C=O) groups excluding carboxylic acids is 2. The van der Waals surface area contributed by atoms with Gasteiger partial charge >= 0.3 is 12.2 Å². The van der Waals surface area contributed by atoms with Crippen LogP contribution in [0.3, 0.4) is 0 Å². The number of benzene rings is 2. The van der Waals surface area contributed by atoms with Crippen molar-refractivity contribution >= 4 is 29.5 Å². The first-order chi connectivity index (χ1) is 15.8. The standard InChI is InChI=1S/C24H29ClN2O6/c1-6-33-24(29)27-15(2)10-19(18-12-21(30-3)22(31-4)13-20(18)27)26(23(28)32-5)14-16-8-7-9-17(25)11-16/h7-9,11-13,15,19H,6,10,14H2,1-5H3/t15-,19+/m1/s1. The number of rotatable bonds is 6. The first-order valence-electron chi connectivity index (χ1n) is 10.6. The van der Waals surface area contributed by atoms with E-state index in [2.05, 4.69) is 0 Å². The number of carbonyl (C=O) groups is 2. The van der Waals surface area contributed by atoms with E-state index in [1.807, 2.05) is 25.1 Å². The Labute approximate surface area is 198 Å². The Morgan fingerprint density at radius 2 is 1.82 bits per heavy atom. The van der Waals surface area contributed by atoms with Gasteiger partial charge in [0.1, 0.15) is 0 Å². The molecule has 2 atom stereocenters. The normalized spacial score (nSPS) is 17.1. The minimum Gasteiger partial charge on any atom is -0.493 e. The molecule has 9 heteroatoms. The van der Waals surface area contributed by atoms with Gasteiger partial charge in [-0.2, -0.15) is 0 Å². The van der Waals surface area contributed by atoms with Crippen LogP contribution in [0.2, 0.25) is 5.02 Å². The van der Waals surface area contributed by atoms with Crippen molar-refractivity contribution in [3.8, 4) is 11.5 Å². The van der Waals surface area contributed by atoms with Gasteiger partial charge in [-0.05, 0) is 44.0 Å². The second-order valence-corrected chi connectivity index (χ2v) is 8.10. The fourth-order valence-electron chi connectivity index (χ4n) is 4.17. The predicted octanol–water partition coefficient (Wildman–Crippen LogP) is 5.42. The van der Waals surface area contributed by atoms with E-state index in [0.29, 0.717) is 28.6 Å². The van der Waals surface area contributed by atoms with Crippen LogP contribution in [0.5, 0.6) is 11.5 Å². The molecule has 0 spiro atoms. The molecule has 178 valence electrons. The lowest BCUT2D eigenvalue weighted by atomic mass is 9.90. The minimum atomic E-state index is -0.488. The molecule has 2 amide bonds. The van der Waals surface area contributed by atoms with E-state index in [1.165, 1.54) is 21.3 Å². The fraction of sp³-hybridized carbons (Fsp3) is 0.417. The van der Waals surface area contributed by atoms with E-state index < -0.39 is 18.2 Å². The van der Waals surface area contributed by atoms with Crippen LogP contribution in [0, 0.1) is 0 Å². The molecule has 1 aliphatic heterocycles. The van der Waals surface area contributed by atoms with Crippen LogP contribution in [0.25, 0.3) is 0 Å². The number of methoxy groups -OCH3 is 3. The van der Waals surface area contributed by atoms with Crippen molar-refractivity contribution in [2.75, 3.05) is 32.8 Å². The van der Waals surface area contributed by atoms with Crippen LogP contribution >= 0.6 is 11.6 Å². The van der Waals surface area contributed by atoms with Gasteiger partial charge in [0.05, 0.1) is 39.7 Å². The molecule has 8 nitrogen and oxygen atoms in total. The minimum absolute atomic E-state index is 0.247. The zero-order chi connectivity index (χ0) is 24.1. The van der Waals surface area contributed by atoms with Gasteiger partial charge in [-0.1, -0.05) is 23.7 Å². The van der Waals surface area contributed by atoms with Gasteiger partial charge in [0, 0.05) is 29.2 Å². The Balaban J connectivity index is 2.14. The molecular formula is C24H29ClN2O6. The second-order valence-electron chi connectivity index (χ2n) is 7.66. The summed E-state index contributed by atoms with van der Waals surface area (Å²) in [6.45, 7) is 4.20. The smallest absolute Gasteiger partial charge is 0.414 e. The van der Waals surface area contributed by atoms with E-state index in [9.17, 15) is 9.59 Å². The van der Waals surface area contributed by atoms with Gasteiger partial charge in [-0.15, -0.1) is 0 Å². The predicted molar refractivity (Wildman–Crippen MR) is 125 cm³/mol. The Morgan fingerprint density at radius 1 is 1.12 bits per heavy atom. The van der Waals surface area contributed by atoms with Crippen LogP contribution in [0.1, 0.15) is 37.4 Å². The molecule has 0 radical (unpaired) electrons. The van der Waals surface area contributed by atoms with Crippen molar-refractivity contribution < 1.29 is 28.5 Å². The van der Waals surface area contributed by atoms with Gasteiger partial charge < -0.3 is 18.9 Å². The molecule has 2 aromatic rings. The maximum atomic E-state index is 12.9. The summed E-state index contributed by atoms with van der Waals surface area (Å²) in [7, 11) is 4.42. The van der Waals surface area contributed by atoms with Gasteiger partial charge in [0.25, 0.3) is 0 Å². The third kappa shape index (κ3) is 5.11. The largest absolute Gasteiger partial charge is 0.493 e. The second kappa shape index (κ2) is 10.7. The Kier molecular flexibility index (Phi) is 7.92. The van der Waals surface area contributed by atoms with E-state index >= 15 is 0 Å². The highest BCUT2D eigenvalue weighted by molar-refractivity contribution is 6.30. The summed E-state index contributed by atoms with van der Waals surface area (Å²) >= 11 is 6.17. The summed E-state index contributed by atoms with van der Waals surface area (Å²) in [5.41, 5.74) is 2.18. The fourth-order valence-corrected chi connectivity index (χ4v) is 4.38. The average molecular weight is 477 g/mol. The third-order valence-corrected chi connectivity index (χ3v) is 5.88. The average Bonchev–Trinajstić information content (AvgIpc) is 2.80.